The largest absolute Gasteiger partial charge is 0.338 e. The van der Waals surface area contributed by atoms with Gasteiger partial charge in [-0.2, -0.15) is 0 Å². The lowest BCUT2D eigenvalue weighted by Gasteiger charge is -2.34. The molecule has 0 atom stereocenters. The van der Waals surface area contributed by atoms with Crippen molar-refractivity contribution in [3.05, 3.63) is 77.6 Å². The summed E-state index contributed by atoms with van der Waals surface area (Å²) in [7, 11) is -3.81. The quantitative estimate of drug-likeness (QED) is 0.448. The Kier molecular flexibility index (Phi) is 7.24. The molecule has 2 aromatic heterocycles. The third kappa shape index (κ3) is 5.91. The zero-order valence-corrected chi connectivity index (χ0v) is 20.1. The molecule has 0 spiro atoms. The minimum absolute atomic E-state index is 0.0358. The van der Waals surface area contributed by atoms with Crippen LogP contribution in [0, 0.1) is 5.82 Å². The van der Waals surface area contributed by atoms with E-state index in [1.807, 2.05) is 5.38 Å². The maximum absolute atomic E-state index is 13.3. The molecule has 9 nitrogen and oxygen atoms in total. The van der Waals surface area contributed by atoms with E-state index in [-0.39, 0.29) is 42.2 Å². The summed E-state index contributed by atoms with van der Waals surface area (Å²) in [4.78, 5) is 32.0. The van der Waals surface area contributed by atoms with E-state index in [9.17, 15) is 22.4 Å². The van der Waals surface area contributed by atoms with Gasteiger partial charge >= 0.3 is 0 Å². The highest BCUT2D eigenvalue weighted by Crippen LogP contribution is 2.21. The van der Waals surface area contributed by atoms with Crippen molar-refractivity contribution in [1.82, 2.24) is 14.5 Å². The molecule has 1 aliphatic heterocycles. The van der Waals surface area contributed by atoms with Crippen molar-refractivity contribution in [2.45, 2.75) is 11.4 Å². The van der Waals surface area contributed by atoms with Crippen LogP contribution in [0.25, 0.3) is 10.9 Å². The van der Waals surface area contributed by atoms with Crippen LogP contribution >= 0.6 is 11.3 Å². The maximum atomic E-state index is 13.3. The Morgan fingerprint density at radius 3 is 2.49 bits per heavy atom. The number of piperazine rings is 1. The number of halogens is 1. The Morgan fingerprint density at radius 2 is 1.89 bits per heavy atom. The summed E-state index contributed by atoms with van der Waals surface area (Å²) in [6.45, 7) is 0.599. The average Bonchev–Trinajstić information content (AvgIpc) is 3.52. The van der Waals surface area contributed by atoms with E-state index in [0.29, 0.717) is 17.6 Å². The van der Waals surface area contributed by atoms with Crippen LogP contribution in [0.5, 0.6) is 0 Å². The molecular weight excluding hydrogens is 493 g/mol. The van der Waals surface area contributed by atoms with Gasteiger partial charge in [-0.05, 0) is 48.5 Å². The minimum Gasteiger partial charge on any atom is -0.338 e. The standard InChI is InChI=1S/C20H19FN4O4S.C3H3NS/c21-15-1-6-18-14(11-15)7-8-23(18)12-19(26)24-9-10-25(20(27)13-24)16-2-4-17(5-3-16)30(22,28)29;1-2-5-3-4-1/h1-8,11H,9-10,12-13H2,(H2,22,28,29);1-3H. The van der Waals surface area contributed by atoms with Gasteiger partial charge in [-0.25, -0.2) is 17.9 Å². The summed E-state index contributed by atoms with van der Waals surface area (Å²) in [6, 6.07) is 11.8. The Morgan fingerprint density at radius 1 is 1.11 bits per heavy atom. The van der Waals surface area contributed by atoms with Gasteiger partial charge in [-0.15, -0.1) is 11.3 Å². The van der Waals surface area contributed by atoms with Gasteiger partial charge in [0.25, 0.3) is 0 Å². The number of amides is 2. The Hall–Kier alpha value is -3.61. The number of hydrogen-bond donors (Lipinski definition) is 1. The molecule has 2 N–H and O–H groups in total. The first kappa shape index (κ1) is 24.5. The van der Waals surface area contributed by atoms with Crippen LogP contribution in [0.3, 0.4) is 0 Å². The van der Waals surface area contributed by atoms with E-state index in [0.717, 1.165) is 5.52 Å². The number of rotatable bonds is 4. The molecule has 0 aliphatic carbocycles. The molecule has 4 aromatic rings. The highest BCUT2D eigenvalue weighted by molar-refractivity contribution is 7.89. The second kappa shape index (κ2) is 10.3. The van der Waals surface area contributed by atoms with Gasteiger partial charge in [-0.1, -0.05) is 0 Å². The smallest absolute Gasteiger partial charge is 0.246 e. The van der Waals surface area contributed by atoms with E-state index in [1.165, 1.54) is 46.2 Å². The normalized spacial score (nSPS) is 14.1. The van der Waals surface area contributed by atoms with E-state index in [1.54, 1.807) is 45.9 Å². The summed E-state index contributed by atoms with van der Waals surface area (Å²) >= 11 is 1.60. The van der Waals surface area contributed by atoms with Gasteiger partial charge in [0.15, 0.2) is 0 Å². The predicted octanol–water partition coefficient (Wildman–Crippen LogP) is 2.45. The van der Waals surface area contributed by atoms with E-state index < -0.39 is 10.0 Å². The average molecular weight is 516 g/mol. The van der Waals surface area contributed by atoms with Crippen molar-refractivity contribution < 1.29 is 22.4 Å². The van der Waals surface area contributed by atoms with Gasteiger partial charge in [0.05, 0.1) is 10.4 Å². The van der Waals surface area contributed by atoms with Crippen molar-refractivity contribution in [3.63, 3.8) is 0 Å². The molecule has 0 radical (unpaired) electrons. The summed E-state index contributed by atoms with van der Waals surface area (Å²) in [5, 5.41) is 7.72. The molecule has 3 heterocycles. The Balaban J connectivity index is 0.000000514. The molecule has 2 aromatic carbocycles. The molecule has 35 heavy (non-hydrogen) atoms. The molecule has 182 valence electrons. The molecule has 2 amide bonds. The third-order valence-corrected chi connectivity index (χ3v) is 6.89. The van der Waals surface area contributed by atoms with Gasteiger partial charge in [-0.3, -0.25) is 14.6 Å². The summed E-state index contributed by atoms with van der Waals surface area (Å²) in [5.41, 5.74) is 3.07. The summed E-state index contributed by atoms with van der Waals surface area (Å²) in [6.07, 6.45) is 3.48. The molecule has 0 bridgehead atoms. The number of carbonyl (C=O) groups excluding carboxylic acids is 2. The van der Waals surface area contributed by atoms with Crippen LogP contribution in [0.15, 0.2) is 76.7 Å². The van der Waals surface area contributed by atoms with Crippen LogP contribution in [-0.2, 0) is 26.2 Å². The molecule has 12 heteroatoms. The molecule has 5 rings (SSSR count). The van der Waals surface area contributed by atoms with Crippen molar-refractivity contribution in [1.29, 1.82) is 0 Å². The number of thiazole rings is 1. The zero-order chi connectivity index (χ0) is 25.0. The monoisotopic (exact) mass is 515 g/mol. The summed E-state index contributed by atoms with van der Waals surface area (Å²) in [5.74, 6) is -0.822. The summed E-state index contributed by atoms with van der Waals surface area (Å²) < 4.78 is 37.8. The minimum atomic E-state index is -3.81. The maximum Gasteiger partial charge on any atom is 0.246 e. The van der Waals surface area contributed by atoms with E-state index >= 15 is 0 Å². The first-order valence-corrected chi connectivity index (χ1v) is 13.0. The number of carbonyl (C=O) groups is 2. The second-order valence-electron chi connectivity index (χ2n) is 7.72. The second-order valence-corrected chi connectivity index (χ2v) is 10.0. The fourth-order valence-electron chi connectivity index (χ4n) is 3.71. The van der Waals surface area contributed by atoms with Crippen LogP contribution < -0.4 is 10.0 Å². The van der Waals surface area contributed by atoms with Gasteiger partial charge < -0.3 is 14.4 Å². The van der Waals surface area contributed by atoms with Gasteiger partial charge in [0, 0.05) is 47.5 Å². The van der Waals surface area contributed by atoms with Crippen LogP contribution in [0.4, 0.5) is 10.1 Å². The molecular formula is C23H22FN5O4S2. The lowest BCUT2D eigenvalue weighted by Crippen LogP contribution is -2.53. The van der Waals surface area contributed by atoms with Crippen molar-refractivity contribution in [2.24, 2.45) is 5.14 Å². The van der Waals surface area contributed by atoms with E-state index in [2.05, 4.69) is 4.98 Å². The topological polar surface area (TPSA) is 119 Å². The molecule has 0 saturated carbocycles. The lowest BCUT2D eigenvalue weighted by atomic mass is 10.2. The van der Waals surface area contributed by atoms with Crippen molar-refractivity contribution in [2.75, 3.05) is 24.5 Å². The van der Waals surface area contributed by atoms with Crippen LogP contribution in [0.2, 0.25) is 0 Å². The first-order valence-electron chi connectivity index (χ1n) is 10.5. The Labute approximate surface area is 205 Å². The van der Waals surface area contributed by atoms with Gasteiger partial charge in [0.1, 0.15) is 18.9 Å². The third-order valence-electron chi connectivity index (χ3n) is 5.44. The number of anilines is 1. The molecule has 1 fully saturated rings. The number of benzene rings is 2. The fraction of sp³-hybridized carbons (Fsp3) is 0.174. The SMILES string of the molecule is NS(=O)(=O)c1ccc(N2CCN(C(=O)Cn3ccc4cc(F)ccc43)CC2=O)cc1.c1cscn1. The number of fused-ring (bicyclic) bond motifs is 1. The van der Waals surface area contributed by atoms with Gasteiger partial charge in [0.2, 0.25) is 21.8 Å². The lowest BCUT2D eigenvalue weighted by molar-refractivity contribution is -0.137. The number of nitrogens with two attached hydrogens (primary N) is 1. The van der Waals surface area contributed by atoms with Crippen molar-refractivity contribution >= 4 is 49.8 Å². The van der Waals surface area contributed by atoms with E-state index in [4.69, 9.17) is 5.14 Å². The van der Waals surface area contributed by atoms with Crippen LogP contribution in [-0.4, -0.2) is 54.3 Å². The highest BCUT2D eigenvalue weighted by Gasteiger charge is 2.28. The molecule has 0 unspecified atom stereocenters. The van der Waals surface area contributed by atoms with Crippen LogP contribution in [0.1, 0.15) is 0 Å². The molecule has 1 saturated heterocycles. The number of aromatic nitrogens is 2. The number of nitrogens with zero attached hydrogens (tertiary/aromatic N) is 4. The Bertz CT molecular complexity index is 1420. The highest BCUT2D eigenvalue weighted by atomic mass is 32.2. The van der Waals surface area contributed by atoms with Crippen molar-refractivity contribution in [3.8, 4) is 0 Å². The first-order chi connectivity index (χ1) is 16.7. The number of sulfonamides is 1. The number of primary sulfonamides is 1. The number of hydrogen-bond acceptors (Lipinski definition) is 6. The fourth-order valence-corrected chi connectivity index (χ4v) is 4.57. The predicted molar refractivity (Wildman–Crippen MR) is 131 cm³/mol. The zero-order valence-electron chi connectivity index (χ0n) is 18.5. The molecule has 1 aliphatic rings.